The molecule has 3 aliphatic heterocycles. The molecule has 10 heteroatoms. The summed E-state index contributed by atoms with van der Waals surface area (Å²) >= 11 is 1.32. The van der Waals surface area contributed by atoms with Gasteiger partial charge in [0.1, 0.15) is 5.70 Å². The monoisotopic (exact) mass is 384 g/mol. The fourth-order valence-corrected chi connectivity index (χ4v) is 5.34. The van der Waals surface area contributed by atoms with Crippen LogP contribution >= 0.6 is 11.8 Å². The molecule has 3 aliphatic rings. The van der Waals surface area contributed by atoms with Gasteiger partial charge in [0.05, 0.1) is 30.1 Å². The van der Waals surface area contributed by atoms with Crippen molar-refractivity contribution in [1.82, 2.24) is 15.1 Å². The molecule has 0 aromatic carbocycles. The summed E-state index contributed by atoms with van der Waals surface area (Å²) in [6, 6.07) is -1.48. The van der Waals surface area contributed by atoms with E-state index >= 15 is 0 Å². The Morgan fingerprint density at radius 1 is 1.42 bits per heavy atom. The first-order valence-corrected chi connectivity index (χ1v) is 9.38. The van der Waals surface area contributed by atoms with Gasteiger partial charge in [-0.05, 0) is 13.3 Å². The molecule has 5 N–H and O–H groups in total. The van der Waals surface area contributed by atoms with Gasteiger partial charge in [-0.3, -0.25) is 14.5 Å². The van der Waals surface area contributed by atoms with Crippen molar-refractivity contribution in [2.75, 3.05) is 20.6 Å². The van der Waals surface area contributed by atoms with Crippen LogP contribution in [0.25, 0.3) is 0 Å². The van der Waals surface area contributed by atoms with Gasteiger partial charge < -0.3 is 26.2 Å². The third kappa shape index (κ3) is 2.90. The highest BCUT2D eigenvalue weighted by Gasteiger charge is 2.60. The number of nitrogens with one attached hydrogen (secondary N) is 1. The Bertz CT molecular complexity index is 680. The molecule has 2 amide bonds. The van der Waals surface area contributed by atoms with Crippen LogP contribution in [0.1, 0.15) is 13.3 Å². The van der Waals surface area contributed by atoms with E-state index in [1.165, 1.54) is 28.5 Å². The number of likely N-dealkylation sites (N-methyl/N-ethyl adjacent to an activating group) is 1. The van der Waals surface area contributed by atoms with Crippen LogP contribution in [0.3, 0.4) is 0 Å². The summed E-state index contributed by atoms with van der Waals surface area (Å²) in [6.07, 6.45) is -0.326. The maximum absolute atomic E-state index is 12.3. The van der Waals surface area contributed by atoms with E-state index in [-0.39, 0.29) is 22.9 Å². The number of nitrogens with two attached hydrogens (primary N) is 1. The molecule has 2 fully saturated rings. The van der Waals surface area contributed by atoms with E-state index in [1.54, 1.807) is 14.1 Å². The van der Waals surface area contributed by atoms with Gasteiger partial charge in [-0.2, -0.15) is 0 Å². The fourth-order valence-electron chi connectivity index (χ4n) is 3.91. The molecular weight excluding hydrogens is 360 g/mol. The first-order chi connectivity index (χ1) is 12.1. The zero-order valence-corrected chi connectivity index (χ0v) is 15.7. The molecule has 6 atom stereocenters. The van der Waals surface area contributed by atoms with E-state index in [1.807, 2.05) is 0 Å². The van der Waals surface area contributed by atoms with Crippen molar-refractivity contribution < 1.29 is 24.6 Å². The molecule has 3 rings (SSSR count). The highest BCUT2D eigenvalue weighted by molar-refractivity contribution is 8.03. The topological polar surface area (TPSA) is 136 Å². The van der Waals surface area contributed by atoms with Crippen LogP contribution in [0, 0.1) is 5.92 Å². The number of nitrogens with zero attached hydrogens (tertiary/aromatic N) is 2. The van der Waals surface area contributed by atoms with Gasteiger partial charge in [-0.1, -0.05) is 0 Å². The lowest BCUT2D eigenvalue weighted by Crippen LogP contribution is -2.66. The SMILES string of the molecule is C[C@@H](O)[C@H]1C(=O)N2C(C(=O)O)=C(S[C@@H]3CN[C@H](C(=O)N(C)C)C3)[C@H](N)[C@H]12. The third-order valence-electron chi connectivity index (χ3n) is 5.18. The van der Waals surface area contributed by atoms with E-state index < -0.39 is 36.0 Å². The number of carbonyl (C=O) groups excluding carboxylic acids is 2. The lowest BCUT2D eigenvalue weighted by molar-refractivity contribution is -0.161. The number of β-lactam (4-membered cyclic amide) rings is 1. The van der Waals surface area contributed by atoms with Crippen molar-refractivity contribution >= 4 is 29.5 Å². The number of rotatable bonds is 5. The van der Waals surface area contributed by atoms with Crippen molar-refractivity contribution in [3.8, 4) is 0 Å². The van der Waals surface area contributed by atoms with Crippen molar-refractivity contribution in [2.45, 2.75) is 42.8 Å². The summed E-state index contributed by atoms with van der Waals surface area (Å²) in [4.78, 5) is 39.3. The maximum atomic E-state index is 12.3. The number of aliphatic hydroxyl groups is 1. The predicted octanol–water partition coefficient (Wildman–Crippen LogP) is -1.62. The summed E-state index contributed by atoms with van der Waals surface area (Å²) in [5.41, 5.74) is 6.17. The van der Waals surface area contributed by atoms with E-state index in [9.17, 15) is 24.6 Å². The number of hydrogen-bond acceptors (Lipinski definition) is 7. The van der Waals surface area contributed by atoms with Crippen LogP contribution in [0.5, 0.6) is 0 Å². The molecule has 9 nitrogen and oxygen atoms in total. The third-order valence-corrected chi connectivity index (χ3v) is 6.59. The number of carboxylic acids is 1. The van der Waals surface area contributed by atoms with Gasteiger partial charge in [0.25, 0.3) is 0 Å². The largest absolute Gasteiger partial charge is 0.477 e. The summed E-state index contributed by atoms with van der Waals surface area (Å²) in [5, 5.41) is 22.6. The number of aliphatic carboxylic acids is 1. The number of thioether (sulfide) groups is 1. The minimum Gasteiger partial charge on any atom is -0.477 e. The minimum atomic E-state index is -1.20. The second-order valence-corrected chi connectivity index (χ2v) is 8.52. The Hall–Kier alpha value is -1.62. The molecule has 3 heterocycles. The number of fused-ring (bicyclic) bond motifs is 1. The Kier molecular flexibility index (Phi) is 5.04. The summed E-state index contributed by atoms with van der Waals surface area (Å²) in [5.74, 6) is -2.31. The molecule has 26 heavy (non-hydrogen) atoms. The Balaban J connectivity index is 1.78. The van der Waals surface area contributed by atoms with Crippen molar-refractivity contribution in [3.05, 3.63) is 10.6 Å². The van der Waals surface area contributed by atoms with Gasteiger partial charge in [0.2, 0.25) is 11.8 Å². The first kappa shape index (κ1) is 19.2. The second kappa shape index (κ2) is 6.84. The molecule has 0 aromatic heterocycles. The van der Waals surface area contributed by atoms with Crippen molar-refractivity contribution in [1.29, 1.82) is 0 Å². The maximum Gasteiger partial charge on any atom is 0.353 e. The molecule has 0 saturated carbocycles. The lowest BCUT2D eigenvalue weighted by atomic mass is 9.81. The van der Waals surface area contributed by atoms with E-state index in [0.29, 0.717) is 17.9 Å². The molecule has 0 spiro atoms. The van der Waals surface area contributed by atoms with Crippen LogP contribution in [-0.2, 0) is 14.4 Å². The smallest absolute Gasteiger partial charge is 0.353 e. The molecule has 0 radical (unpaired) electrons. The van der Waals surface area contributed by atoms with Gasteiger partial charge in [-0.25, -0.2) is 4.79 Å². The van der Waals surface area contributed by atoms with Crippen molar-refractivity contribution in [2.24, 2.45) is 11.7 Å². The Morgan fingerprint density at radius 3 is 2.62 bits per heavy atom. The van der Waals surface area contributed by atoms with E-state index in [0.717, 1.165) is 0 Å². The number of amides is 2. The predicted molar refractivity (Wildman–Crippen MR) is 94.9 cm³/mol. The van der Waals surface area contributed by atoms with Gasteiger partial charge in [-0.15, -0.1) is 11.8 Å². The highest BCUT2D eigenvalue weighted by atomic mass is 32.2. The molecular formula is C16H24N4O5S. The average molecular weight is 384 g/mol. The van der Waals surface area contributed by atoms with Gasteiger partial charge >= 0.3 is 5.97 Å². The standard InChI is InChI=1S/C16H24N4O5S/c1-6(21)9-11-10(17)13(12(16(24)25)20(11)15(9)23)26-7-4-8(18-5-7)14(22)19(2)3/h6-11,18,21H,4-5,17H2,1-3H3,(H,24,25)/t6-,7+,8+,9-,10-,11+/m1/s1. The Labute approximate surface area is 155 Å². The van der Waals surface area contributed by atoms with Gasteiger partial charge in [0, 0.05) is 30.8 Å². The average Bonchev–Trinajstić information content (AvgIpc) is 3.09. The molecule has 0 aliphatic carbocycles. The molecule has 144 valence electrons. The highest BCUT2D eigenvalue weighted by Crippen LogP contribution is 2.48. The fraction of sp³-hybridized carbons (Fsp3) is 0.688. The summed E-state index contributed by atoms with van der Waals surface area (Å²) in [6.45, 7) is 2.06. The van der Waals surface area contributed by atoms with Gasteiger partial charge in [0.15, 0.2) is 0 Å². The Morgan fingerprint density at radius 2 is 2.08 bits per heavy atom. The molecule has 2 saturated heterocycles. The summed E-state index contributed by atoms with van der Waals surface area (Å²) in [7, 11) is 3.38. The van der Waals surface area contributed by atoms with Crippen LogP contribution < -0.4 is 11.1 Å². The minimum absolute atomic E-state index is 0.0156. The second-order valence-electron chi connectivity index (χ2n) is 7.18. The summed E-state index contributed by atoms with van der Waals surface area (Å²) < 4.78 is 0. The normalized spacial score (nSPS) is 34.6. The van der Waals surface area contributed by atoms with Crippen LogP contribution in [0.4, 0.5) is 0 Å². The molecule has 0 unspecified atom stereocenters. The number of carbonyl (C=O) groups is 3. The van der Waals surface area contributed by atoms with Crippen LogP contribution in [-0.4, -0.2) is 87.9 Å². The molecule has 0 aromatic rings. The quantitative estimate of drug-likeness (QED) is 0.415. The lowest BCUT2D eigenvalue weighted by Gasteiger charge is -2.46. The van der Waals surface area contributed by atoms with Crippen molar-refractivity contribution in [3.63, 3.8) is 0 Å². The zero-order chi connectivity index (χ0) is 19.3. The first-order valence-electron chi connectivity index (χ1n) is 8.50. The number of carboxylic acid groups (broad SMARTS) is 1. The zero-order valence-electron chi connectivity index (χ0n) is 14.9. The van der Waals surface area contributed by atoms with E-state index in [2.05, 4.69) is 5.32 Å². The van der Waals surface area contributed by atoms with Crippen LogP contribution in [0.2, 0.25) is 0 Å². The number of aliphatic hydroxyl groups excluding tert-OH is 1. The molecule has 0 bridgehead atoms. The van der Waals surface area contributed by atoms with Crippen LogP contribution in [0.15, 0.2) is 10.6 Å². The van der Waals surface area contributed by atoms with E-state index in [4.69, 9.17) is 5.73 Å². The number of hydrogen-bond donors (Lipinski definition) is 4.